The van der Waals surface area contributed by atoms with Crippen molar-refractivity contribution in [1.82, 2.24) is 5.32 Å². The Labute approximate surface area is 94.5 Å². The van der Waals surface area contributed by atoms with Crippen LogP contribution in [0.1, 0.15) is 39.0 Å². The number of ether oxygens (including phenoxy) is 1. The van der Waals surface area contributed by atoms with Crippen LogP contribution < -0.4 is 5.32 Å². The van der Waals surface area contributed by atoms with Gasteiger partial charge in [0.05, 0.1) is 6.10 Å². The highest BCUT2D eigenvalue weighted by Gasteiger charge is 2.32. The van der Waals surface area contributed by atoms with Gasteiger partial charge in [-0.2, -0.15) is 13.2 Å². The Morgan fingerprint density at radius 2 is 1.94 bits per heavy atom. The van der Waals surface area contributed by atoms with Crippen LogP contribution >= 0.6 is 0 Å². The lowest BCUT2D eigenvalue weighted by atomic mass is 9.92. The first kappa shape index (κ1) is 13.8. The maximum absolute atomic E-state index is 12.0. The Balaban J connectivity index is 2.34. The SMILES string of the molecule is CCCNC1CCCCC1OCC(F)(F)F. The fraction of sp³-hybridized carbons (Fsp3) is 1.00. The molecule has 0 saturated heterocycles. The van der Waals surface area contributed by atoms with Gasteiger partial charge >= 0.3 is 6.18 Å². The van der Waals surface area contributed by atoms with E-state index >= 15 is 0 Å². The Bertz CT molecular complexity index is 196. The second kappa shape index (κ2) is 6.45. The van der Waals surface area contributed by atoms with E-state index in [0.29, 0.717) is 0 Å². The molecule has 96 valence electrons. The van der Waals surface area contributed by atoms with E-state index in [2.05, 4.69) is 5.32 Å². The molecular formula is C11H20F3NO. The average Bonchev–Trinajstić information content (AvgIpc) is 2.23. The number of alkyl halides is 3. The standard InChI is InChI=1S/C11H20F3NO/c1-2-7-15-9-5-3-4-6-10(9)16-8-11(12,13)14/h9-10,15H,2-8H2,1H3. The van der Waals surface area contributed by atoms with E-state index < -0.39 is 12.8 Å². The summed E-state index contributed by atoms with van der Waals surface area (Å²) >= 11 is 0. The van der Waals surface area contributed by atoms with Crippen LogP contribution in [0.5, 0.6) is 0 Å². The quantitative estimate of drug-likeness (QED) is 0.796. The molecule has 1 rings (SSSR count). The third-order valence-corrected chi connectivity index (χ3v) is 2.82. The van der Waals surface area contributed by atoms with E-state index in [1.165, 1.54) is 0 Å². The van der Waals surface area contributed by atoms with Gasteiger partial charge in [-0.3, -0.25) is 0 Å². The Kier molecular flexibility index (Phi) is 5.55. The lowest BCUT2D eigenvalue weighted by Crippen LogP contribution is -2.45. The Hall–Kier alpha value is -0.290. The summed E-state index contributed by atoms with van der Waals surface area (Å²) in [4.78, 5) is 0. The van der Waals surface area contributed by atoms with Gasteiger partial charge in [-0.1, -0.05) is 19.8 Å². The van der Waals surface area contributed by atoms with Crippen LogP contribution in [0.4, 0.5) is 13.2 Å². The van der Waals surface area contributed by atoms with Gasteiger partial charge in [-0.05, 0) is 25.8 Å². The maximum Gasteiger partial charge on any atom is 0.411 e. The number of nitrogens with one attached hydrogen (secondary N) is 1. The molecule has 16 heavy (non-hydrogen) atoms. The molecule has 0 aromatic heterocycles. The summed E-state index contributed by atoms with van der Waals surface area (Å²) in [5.74, 6) is 0. The molecule has 0 aromatic rings. The van der Waals surface area contributed by atoms with Crippen molar-refractivity contribution < 1.29 is 17.9 Å². The molecule has 1 aliphatic rings. The smallest absolute Gasteiger partial charge is 0.367 e. The highest BCUT2D eigenvalue weighted by Crippen LogP contribution is 2.24. The van der Waals surface area contributed by atoms with Gasteiger partial charge in [0.15, 0.2) is 0 Å². The number of hydrogen-bond acceptors (Lipinski definition) is 2. The summed E-state index contributed by atoms with van der Waals surface area (Å²) < 4.78 is 41.1. The van der Waals surface area contributed by atoms with Crippen LogP contribution in [0.2, 0.25) is 0 Å². The first-order valence-corrected chi connectivity index (χ1v) is 5.94. The molecule has 0 aromatic carbocycles. The highest BCUT2D eigenvalue weighted by atomic mass is 19.4. The monoisotopic (exact) mass is 239 g/mol. The molecule has 0 bridgehead atoms. The molecule has 1 aliphatic carbocycles. The third kappa shape index (κ3) is 5.16. The normalized spacial score (nSPS) is 27.0. The largest absolute Gasteiger partial charge is 0.411 e. The minimum Gasteiger partial charge on any atom is -0.367 e. The van der Waals surface area contributed by atoms with E-state index in [0.717, 1.165) is 38.6 Å². The minimum absolute atomic E-state index is 0.0936. The summed E-state index contributed by atoms with van der Waals surface area (Å²) in [7, 11) is 0. The summed E-state index contributed by atoms with van der Waals surface area (Å²) in [6.45, 7) is 1.76. The predicted octanol–water partition coefficient (Wildman–Crippen LogP) is 2.88. The fourth-order valence-electron chi connectivity index (χ4n) is 2.06. The molecule has 2 unspecified atom stereocenters. The van der Waals surface area contributed by atoms with Crippen LogP contribution in [0.3, 0.4) is 0 Å². The van der Waals surface area contributed by atoms with Crippen molar-refractivity contribution in [2.45, 2.75) is 57.3 Å². The van der Waals surface area contributed by atoms with Crippen molar-refractivity contribution >= 4 is 0 Å². The Morgan fingerprint density at radius 1 is 1.25 bits per heavy atom. The van der Waals surface area contributed by atoms with E-state index in [4.69, 9.17) is 4.74 Å². The van der Waals surface area contributed by atoms with Crippen molar-refractivity contribution in [3.05, 3.63) is 0 Å². The number of hydrogen-bond donors (Lipinski definition) is 1. The molecule has 1 saturated carbocycles. The topological polar surface area (TPSA) is 21.3 Å². The van der Waals surface area contributed by atoms with Crippen molar-refractivity contribution in [2.75, 3.05) is 13.2 Å². The molecule has 1 fully saturated rings. The zero-order valence-corrected chi connectivity index (χ0v) is 9.65. The average molecular weight is 239 g/mol. The molecular weight excluding hydrogens is 219 g/mol. The van der Waals surface area contributed by atoms with Gasteiger partial charge in [0, 0.05) is 6.04 Å². The van der Waals surface area contributed by atoms with Crippen molar-refractivity contribution in [1.29, 1.82) is 0 Å². The van der Waals surface area contributed by atoms with Crippen molar-refractivity contribution in [2.24, 2.45) is 0 Å². The molecule has 0 heterocycles. The zero-order chi connectivity index (χ0) is 12.0. The van der Waals surface area contributed by atoms with Gasteiger partial charge in [0.2, 0.25) is 0 Å². The molecule has 2 atom stereocenters. The number of rotatable bonds is 5. The summed E-state index contributed by atoms with van der Waals surface area (Å²) in [6.07, 6.45) is 0.192. The van der Waals surface area contributed by atoms with Crippen LogP contribution in [-0.4, -0.2) is 31.5 Å². The summed E-state index contributed by atoms with van der Waals surface area (Å²) in [5.41, 5.74) is 0. The van der Waals surface area contributed by atoms with Gasteiger partial charge in [-0.25, -0.2) is 0 Å². The van der Waals surface area contributed by atoms with Gasteiger partial charge in [0.1, 0.15) is 6.61 Å². The predicted molar refractivity (Wildman–Crippen MR) is 56.3 cm³/mol. The number of halogens is 3. The van der Waals surface area contributed by atoms with E-state index in [1.807, 2.05) is 6.92 Å². The lowest BCUT2D eigenvalue weighted by Gasteiger charge is -2.32. The van der Waals surface area contributed by atoms with Gasteiger partial charge < -0.3 is 10.1 Å². The molecule has 0 amide bonds. The second-order valence-corrected chi connectivity index (χ2v) is 4.31. The first-order valence-electron chi connectivity index (χ1n) is 5.94. The van der Waals surface area contributed by atoms with Crippen LogP contribution in [0.25, 0.3) is 0 Å². The molecule has 0 spiro atoms. The zero-order valence-electron chi connectivity index (χ0n) is 9.65. The highest BCUT2D eigenvalue weighted by molar-refractivity contribution is 4.81. The van der Waals surface area contributed by atoms with Gasteiger partial charge in [-0.15, -0.1) is 0 Å². The van der Waals surface area contributed by atoms with Crippen LogP contribution in [0.15, 0.2) is 0 Å². The molecule has 0 radical (unpaired) electrons. The molecule has 5 heteroatoms. The first-order chi connectivity index (χ1) is 7.53. The summed E-state index contributed by atoms with van der Waals surface area (Å²) in [5, 5.41) is 3.27. The maximum atomic E-state index is 12.0. The van der Waals surface area contributed by atoms with Gasteiger partial charge in [0.25, 0.3) is 0 Å². The fourth-order valence-corrected chi connectivity index (χ4v) is 2.06. The Morgan fingerprint density at radius 3 is 2.56 bits per heavy atom. The second-order valence-electron chi connectivity index (χ2n) is 4.31. The van der Waals surface area contributed by atoms with E-state index in [-0.39, 0.29) is 12.1 Å². The van der Waals surface area contributed by atoms with E-state index in [9.17, 15) is 13.2 Å². The van der Waals surface area contributed by atoms with Crippen LogP contribution in [-0.2, 0) is 4.74 Å². The molecule has 1 N–H and O–H groups in total. The molecule has 0 aliphatic heterocycles. The summed E-state index contributed by atoms with van der Waals surface area (Å²) in [6, 6.07) is 0.0936. The lowest BCUT2D eigenvalue weighted by molar-refractivity contribution is -0.190. The third-order valence-electron chi connectivity index (χ3n) is 2.82. The van der Waals surface area contributed by atoms with Crippen molar-refractivity contribution in [3.8, 4) is 0 Å². The van der Waals surface area contributed by atoms with Crippen molar-refractivity contribution in [3.63, 3.8) is 0 Å². The van der Waals surface area contributed by atoms with E-state index in [1.54, 1.807) is 0 Å². The minimum atomic E-state index is -4.22. The molecule has 2 nitrogen and oxygen atoms in total. The van der Waals surface area contributed by atoms with Crippen LogP contribution in [0, 0.1) is 0 Å².